The predicted molar refractivity (Wildman–Crippen MR) is 82.0 cm³/mol. The van der Waals surface area contributed by atoms with Crippen molar-refractivity contribution in [3.63, 3.8) is 0 Å². The molecule has 106 valence electrons. The molecule has 0 aliphatic rings. The molecule has 0 aromatic heterocycles. The van der Waals surface area contributed by atoms with E-state index in [0.29, 0.717) is 18.0 Å². The highest BCUT2D eigenvalue weighted by Crippen LogP contribution is 2.25. The van der Waals surface area contributed by atoms with Gasteiger partial charge in [-0.05, 0) is 42.3 Å². The molecule has 20 heavy (non-hydrogen) atoms. The summed E-state index contributed by atoms with van der Waals surface area (Å²) in [5.41, 5.74) is 9.30. The number of nitrogen functional groups attached to an aromatic ring is 1. The monoisotopic (exact) mass is 272 g/mol. The van der Waals surface area contributed by atoms with Gasteiger partial charge in [-0.3, -0.25) is 0 Å². The first-order chi connectivity index (χ1) is 9.60. The van der Waals surface area contributed by atoms with Gasteiger partial charge in [0.25, 0.3) is 0 Å². The van der Waals surface area contributed by atoms with Crippen molar-refractivity contribution >= 4 is 11.4 Å². The van der Waals surface area contributed by atoms with Crippen molar-refractivity contribution in [3.8, 4) is 5.75 Å². The summed E-state index contributed by atoms with van der Waals surface area (Å²) in [7, 11) is 1.57. The van der Waals surface area contributed by atoms with E-state index in [4.69, 9.17) is 10.5 Å². The standard InChI is InChI=1S/C16H20N2O2/c1-11-4-3-5-13(8-11)18-10-15(19)12-6-7-16(20-2)14(17)9-12/h3-9,15,18-19H,10,17H2,1-2H3. The number of aryl methyl sites for hydroxylation is 1. The van der Waals surface area contributed by atoms with Gasteiger partial charge in [0, 0.05) is 12.2 Å². The molecule has 2 aromatic rings. The quantitative estimate of drug-likeness (QED) is 0.732. The van der Waals surface area contributed by atoms with Crippen molar-refractivity contribution < 1.29 is 9.84 Å². The molecule has 0 aliphatic heterocycles. The number of anilines is 2. The maximum absolute atomic E-state index is 10.2. The minimum absolute atomic E-state index is 0.426. The second-order valence-corrected chi connectivity index (χ2v) is 4.77. The van der Waals surface area contributed by atoms with Gasteiger partial charge in [-0.25, -0.2) is 0 Å². The van der Waals surface area contributed by atoms with E-state index in [1.54, 1.807) is 19.2 Å². The molecule has 0 spiro atoms. The molecule has 0 radical (unpaired) electrons. The summed E-state index contributed by atoms with van der Waals surface area (Å²) in [4.78, 5) is 0. The molecule has 0 fully saturated rings. The van der Waals surface area contributed by atoms with Crippen molar-refractivity contribution in [1.29, 1.82) is 0 Å². The Morgan fingerprint density at radius 3 is 2.70 bits per heavy atom. The number of ether oxygens (including phenoxy) is 1. The number of methoxy groups -OCH3 is 1. The molecule has 1 unspecified atom stereocenters. The highest BCUT2D eigenvalue weighted by Gasteiger charge is 2.09. The molecule has 0 heterocycles. The third kappa shape index (κ3) is 3.42. The van der Waals surface area contributed by atoms with Gasteiger partial charge in [-0.2, -0.15) is 0 Å². The number of nitrogens with two attached hydrogens (primary N) is 1. The first-order valence-corrected chi connectivity index (χ1v) is 6.52. The fourth-order valence-electron chi connectivity index (χ4n) is 2.05. The van der Waals surface area contributed by atoms with E-state index in [1.165, 1.54) is 5.56 Å². The summed E-state index contributed by atoms with van der Waals surface area (Å²) in [6, 6.07) is 13.3. The highest BCUT2D eigenvalue weighted by atomic mass is 16.5. The van der Waals surface area contributed by atoms with Gasteiger partial charge in [0.15, 0.2) is 0 Å². The van der Waals surface area contributed by atoms with Crippen molar-refractivity contribution in [1.82, 2.24) is 0 Å². The Kier molecular flexibility index (Phi) is 4.48. The van der Waals surface area contributed by atoms with Crippen LogP contribution in [-0.2, 0) is 0 Å². The number of hydrogen-bond acceptors (Lipinski definition) is 4. The number of benzene rings is 2. The van der Waals surface area contributed by atoms with E-state index in [9.17, 15) is 5.11 Å². The summed E-state index contributed by atoms with van der Waals surface area (Å²) < 4.78 is 5.10. The average Bonchev–Trinajstić information content (AvgIpc) is 2.44. The summed E-state index contributed by atoms with van der Waals surface area (Å²) in [5, 5.41) is 13.4. The Hall–Kier alpha value is -2.20. The van der Waals surface area contributed by atoms with Crippen molar-refractivity contribution in [2.24, 2.45) is 0 Å². The molecule has 0 saturated carbocycles. The van der Waals surface area contributed by atoms with E-state index in [2.05, 4.69) is 5.32 Å². The Morgan fingerprint density at radius 2 is 2.05 bits per heavy atom. The van der Waals surface area contributed by atoms with Crippen molar-refractivity contribution in [2.45, 2.75) is 13.0 Å². The Balaban J connectivity index is 2.01. The van der Waals surface area contributed by atoms with Crippen LogP contribution in [0.4, 0.5) is 11.4 Å². The Labute approximate surface area is 119 Å². The van der Waals surface area contributed by atoms with Gasteiger partial charge in [0.05, 0.1) is 18.9 Å². The lowest BCUT2D eigenvalue weighted by Gasteiger charge is -2.15. The molecule has 4 heteroatoms. The minimum Gasteiger partial charge on any atom is -0.495 e. The lowest BCUT2D eigenvalue weighted by molar-refractivity contribution is 0.191. The molecule has 0 bridgehead atoms. The number of rotatable bonds is 5. The maximum atomic E-state index is 10.2. The second kappa shape index (κ2) is 6.30. The van der Waals surface area contributed by atoms with Crippen molar-refractivity contribution in [2.75, 3.05) is 24.7 Å². The summed E-state index contributed by atoms with van der Waals surface area (Å²) >= 11 is 0. The zero-order chi connectivity index (χ0) is 14.5. The highest BCUT2D eigenvalue weighted by molar-refractivity contribution is 5.55. The number of aliphatic hydroxyl groups excluding tert-OH is 1. The molecule has 2 rings (SSSR count). The summed E-state index contributed by atoms with van der Waals surface area (Å²) in [6.45, 7) is 2.46. The molecule has 0 saturated heterocycles. The van der Waals surface area contributed by atoms with E-state index in [1.807, 2.05) is 37.3 Å². The molecule has 4 N–H and O–H groups in total. The number of aliphatic hydroxyl groups is 1. The predicted octanol–water partition coefficient (Wildman–Crippen LogP) is 2.73. The molecular weight excluding hydrogens is 252 g/mol. The SMILES string of the molecule is COc1ccc(C(O)CNc2cccc(C)c2)cc1N. The van der Waals surface area contributed by atoms with Crippen molar-refractivity contribution in [3.05, 3.63) is 53.6 Å². The van der Waals surface area contributed by atoms with E-state index in [-0.39, 0.29) is 0 Å². The first-order valence-electron chi connectivity index (χ1n) is 6.52. The van der Waals surface area contributed by atoms with Crippen LogP contribution in [0, 0.1) is 6.92 Å². The van der Waals surface area contributed by atoms with Crippen LogP contribution in [0.15, 0.2) is 42.5 Å². The van der Waals surface area contributed by atoms with Crippen LogP contribution in [0.5, 0.6) is 5.75 Å². The van der Waals surface area contributed by atoms with Crippen LogP contribution in [0.2, 0.25) is 0 Å². The molecule has 2 aromatic carbocycles. The second-order valence-electron chi connectivity index (χ2n) is 4.77. The Morgan fingerprint density at radius 1 is 1.25 bits per heavy atom. The molecule has 0 aliphatic carbocycles. The number of hydrogen-bond donors (Lipinski definition) is 3. The van der Waals surface area contributed by atoms with E-state index >= 15 is 0 Å². The van der Waals surface area contributed by atoms with E-state index < -0.39 is 6.10 Å². The fourth-order valence-corrected chi connectivity index (χ4v) is 2.05. The van der Waals surface area contributed by atoms with Crippen LogP contribution < -0.4 is 15.8 Å². The van der Waals surface area contributed by atoms with Gasteiger partial charge in [0.2, 0.25) is 0 Å². The summed E-state index contributed by atoms with van der Waals surface area (Å²) in [6.07, 6.45) is -0.622. The van der Waals surface area contributed by atoms with Gasteiger partial charge >= 0.3 is 0 Å². The zero-order valence-corrected chi connectivity index (χ0v) is 11.8. The van der Waals surface area contributed by atoms with Gasteiger partial charge in [-0.15, -0.1) is 0 Å². The minimum atomic E-state index is -0.622. The van der Waals surface area contributed by atoms with Crippen LogP contribution in [0.1, 0.15) is 17.2 Å². The van der Waals surface area contributed by atoms with Crippen LogP contribution in [-0.4, -0.2) is 18.8 Å². The molecule has 1 atom stereocenters. The van der Waals surface area contributed by atoms with Gasteiger partial charge in [-0.1, -0.05) is 18.2 Å². The normalized spacial score (nSPS) is 11.9. The van der Waals surface area contributed by atoms with Crippen LogP contribution >= 0.6 is 0 Å². The summed E-state index contributed by atoms with van der Waals surface area (Å²) in [5.74, 6) is 0.618. The van der Waals surface area contributed by atoms with Gasteiger partial charge < -0.3 is 20.9 Å². The maximum Gasteiger partial charge on any atom is 0.141 e. The number of nitrogens with one attached hydrogen (secondary N) is 1. The average molecular weight is 272 g/mol. The van der Waals surface area contributed by atoms with E-state index in [0.717, 1.165) is 11.3 Å². The zero-order valence-electron chi connectivity index (χ0n) is 11.8. The third-order valence-corrected chi connectivity index (χ3v) is 3.16. The molecule has 0 amide bonds. The molecular formula is C16H20N2O2. The third-order valence-electron chi connectivity index (χ3n) is 3.16. The van der Waals surface area contributed by atoms with Crippen LogP contribution in [0.3, 0.4) is 0 Å². The Bertz CT molecular complexity index is 584. The first kappa shape index (κ1) is 14.2. The van der Waals surface area contributed by atoms with Crippen LogP contribution in [0.25, 0.3) is 0 Å². The largest absolute Gasteiger partial charge is 0.495 e. The topological polar surface area (TPSA) is 67.5 Å². The fraction of sp³-hybridized carbons (Fsp3) is 0.250. The lowest BCUT2D eigenvalue weighted by Crippen LogP contribution is -2.12. The lowest BCUT2D eigenvalue weighted by atomic mass is 10.1. The smallest absolute Gasteiger partial charge is 0.141 e. The van der Waals surface area contributed by atoms with Gasteiger partial charge in [0.1, 0.15) is 5.75 Å². The molecule has 4 nitrogen and oxygen atoms in total.